The van der Waals surface area contributed by atoms with Crippen LogP contribution in [0.2, 0.25) is 0 Å². The van der Waals surface area contributed by atoms with Gasteiger partial charge in [0.25, 0.3) is 0 Å². The zero-order chi connectivity index (χ0) is 19.8. The van der Waals surface area contributed by atoms with Gasteiger partial charge in [0.2, 0.25) is 5.91 Å². The van der Waals surface area contributed by atoms with E-state index in [9.17, 15) is 4.79 Å². The molecule has 5 heteroatoms. The molecule has 1 heterocycles. The van der Waals surface area contributed by atoms with Crippen molar-refractivity contribution in [2.45, 2.75) is 24.8 Å². The molecule has 1 aliphatic rings. The highest BCUT2D eigenvalue weighted by atomic mass is 32.2. The minimum Gasteiger partial charge on any atom is -0.379 e. The molecule has 0 bridgehead atoms. The second-order valence-corrected chi connectivity index (χ2v) is 8.44. The topological polar surface area (TPSA) is 41.6 Å². The summed E-state index contributed by atoms with van der Waals surface area (Å²) in [6.07, 6.45) is 0. The summed E-state index contributed by atoms with van der Waals surface area (Å²) in [4.78, 5) is 16.3. The standard InChI is InChI=1S/C23H30N2O2S/c1-18-8-10-20(11-9-18)22(25-12-14-27-15-13-25)16-24-23(26)19(2)17-28-21-6-4-3-5-7-21/h3-11,19,22H,12-17H2,1-2H3,(H,24,26). The lowest BCUT2D eigenvalue weighted by molar-refractivity contribution is -0.124. The second kappa shape index (κ2) is 10.6. The van der Waals surface area contributed by atoms with Crippen LogP contribution < -0.4 is 5.32 Å². The van der Waals surface area contributed by atoms with Crippen molar-refractivity contribution in [1.82, 2.24) is 10.2 Å². The summed E-state index contributed by atoms with van der Waals surface area (Å²) in [5.74, 6) is 0.866. The molecule has 1 N–H and O–H groups in total. The van der Waals surface area contributed by atoms with Crippen LogP contribution in [0.1, 0.15) is 24.1 Å². The molecule has 150 valence electrons. The van der Waals surface area contributed by atoms with Gasteiger partial charge in [0.15, 0.2) is 0 Å². The smallest absolute Gasteiger partial charge is 0.223 e. The van der Waals surface area contributed by atoms with Gasteiger partial charge in [-0.15, -0.1) is 11.8 Å². The number of hydrogen-bond acceptors (Lipinski definition) is 4. The molecule has 28 heavy (non-hydrogen) atoms. The molecule has 2 atom stereocenters. The monoisotopic (exact) mass is 398 g/mol. The van der Waals surface area contributed by atoms with Crippen molar-refractivity contribution in [3.05, 3.63) is 65.7 Å². The summed E-state index contributed by atoms with van der Waals surface area (Å²) < 4.78 is 5.51. The van der Waals surface area contributed by atoms with Crippen molar-refractivity contribution in [3.63, 3.8) is 0 Å². The maximum atomic E-state index is 12.7. The first-order chi connectivity index (χ1) is 13.6. The zero-order valence-electron chi connectivity index (χ0n) is 16.8. The fourth-order valence-corrected chi connectivity index (χ4v) is 4.26. The first-order valence-electron chi connectivity index (χ1n) is 9.97. The van der Waals surface area contributed by atoms with Gasteiger partial charge >= 0.3 is 0 Å². The third-order valence-corrected chi connectivity index (χ3v) is 6.38. The average Bonchev–Trinajstić information content (AvgIpc) is 2.74. The average molecular weight is 399 g/mol. The summed E-state index contributed by atoms with van der Waals surface area (Å²) >= 11 is 1.73. The van der Waals surface area contributed by atoms with E-state index in [2.05, 4.69) is 53.5 Å². The van der Waals surface area contributed by atoms with E-state index in [1.165, 1.54) is 16.0 Å². The van der Waals surface area contributed by atoms with Crippen molar-refractivity contribution < 1.29 is 9.53 Å². The van der Waals surface area contributed by atoms with Crippen LogP contribution in [0.4, 0.5) is 0 Å². The zero-order valence-corrected chi connectivity index (χ0v) is 17.6. The number of morpholine rings is 1. The first-order valence-corrected chi connectivity index (χ1v) is 11.0. The normalized spacial score (nSPS) is 17.1. The van der Waals surface area contributed by atoms with Gasteiger partial charge in [-0.3, -0.25) is 9.69 Å². The lowest BCUT2D eigenvalue weighted by Crippen LogP contribution is -2.44. The Balaban J connectivity index is 1.57. The molecule has 0 saturated carbocycles. The van der Waals surface area contributed by atoms with E-state index in [1.54, 1.807) is 11.8 Å². The molecule has 2 aromatic carbocycles. The summed E-state index contributed by atoms with van der Waals surface area (Å²) in [7, 11) is 0. The molecule has 0 radical (unpaired) electrons. The van der Waals surface area contributed by atoms with E-state index in [-0.39, 0.29) is 17.9 Å². The number of carbonyl (C=O) groups is 1. The summed E-state index contributed by atoms with van der Waals surface area (Å²) in [5.41, 5.74) is 2.50. The molecule has 3 rings (SSSR count). The molecule has 4 nitrogen and oxygen atoms in total. The van der Waals surface area contributed by atoms with E-state index in [0.29, 0.717) is 6.54 Å². The van der Waals surface area contributed by atoms with Crippen molar-refractivity contribution in [2.24, 2.45) is 5.92 Å². The Morgan fingerprint density at radius 3 is 2.46 bits per heavy atom. The van der Waals surface area contributed by atoms with Crippen molar-refractivity contribution in [1.29, 1.82) is 0 Å². The van der Waals surface area contributed by atoms with E-state index in [0.717, 1.165) is 32.1 Å². The maximum absolute atomic E-state index is 12.7. The van der Waals surface area contributed by atoms with Gasteiger partial charge in [-0.25, -0.2) is 0 Å². The molecule has 1 aliphatic heterocycles. The van der Waals surface area contributed by atoms with Crippen molar-refractivity contribution in [3.8, 4) is 0 Å². The lowest BCUT2D eigenvalue weighted by Gasteiger charge is -2.35. The van der Waals surface area contributed by atoms with Crippen LogP contribution in [-0.4, -0.2) is 49.4 Å². The van der Waals surface area contributed by atoms with Gasteiger partial charge in [0, 0.05) is 36.2 Å². The number of rotatable bonds is 8. The molecule has 2 aromatic rings. The van der Waals surface area contributed by atoms with E-state index in [1.807, 2.05) is 25.1 Å². The highest BCUT2D eigenvalue weighted by Crippen LogP contribution is 2.23. The number of aryl methyl sites for hydroxylation is 1. The fraction of sp³-hybridized carbons (Fsp3) is 0.435. The summed E-state index contributed by atoms with van der Waals surface area (Å²) in [6.45, 7) is 8.02. The van der Waals surface area contributed by atoms with Crippen LogP contribution in [0.5, 0.6) is 0 Å². The number of nitrogens with zero attached hydrogens (tertiary/aromatic N) is 1. The molecule has 0 aliphatic carbocycles. The van der Waals surface area contributed by atoms with Gasteiger partial charge in [-0.05, 0) is 24.6 Å². The third kappa shape index (κ3) is 6.09. The highest BCUT2D eigenvalue weighted by molar-refractivity contribution is 7.99. The van der Waals surface area contributed by atoms with Crippen LogP contribution in [0.3, 0.4) is 0 Å². The van der Waals surface area contributed by atoms with Crippen molar-refractivity contribution in [2.75, 3.05) is 38.6 Å². The summed E-state index contributed by atoms with van der Waals surface area (Å²) in [5, 5.41) is 3.19. The van der Waals surface area contributed by atoms with Crippen LogP contribution >= 0.6 is 11.8 Å². The van der Waals surface area contributed by atoms with Gasteiger partial charge in [0.05, 0.1) is 19.3 Å². The number of benzene rings is 2. The van der Waals surface area contributed by atoms with E-state index < -0.39 is 0 Å². The Hall–Kier alpha value is -1.82. The van der Waals surface area contributed by atoms with Gasteiger partial charge in [0.1, 0.15) is 0 Å². The van der Waals surface area contributed by atoms with Gasteiger partial charge in [-0.1, -0.05) is 55.0 Å². The van der Waals surface area contributed by atoms with Gasteiger partial charge < -0.3 is 10.1 Å². The molecule has 1 saturated heterocycles. The number of thioether (sulfide) groups is 1. The molecular weight excluding hydrogens is 368 g/mol. The van der Waals surface area contributed by atoms with Crippen LogP contribution in [0.25, 0.3) is 0 Å². The predicted octanol–water partition coefficient (Wildman–Crippen LogP) is 3.91. The third-order valence-electron chi connectivity index (χ3n) is 5.11. The largest absolute Gasteiger partial charge is 0.379 e. The highest BCUT2D eigenvalue weighted by Gasteiger charge is 2.24. The summed E-state index contributed by atoms with van der Waals surface area (Å²) in [6, 6.07) is 19.1. The van der Waals surface area contributed by atoms with E-state index in [4.69, 9.17) is 4.74 Å². The maximum Gasteiger partial charge on any atom is 0.223 e. The second-order valence-electron chi connectivity index (χ2n) is 7.35. The Morgan fingerprint density at radius 1 is 1.11 bits per heavy atom. The Kier molecular flexibility index (Phi) is 7.95. The minimum atomic E-state index is -0.0337. The minimum absolute atomic E-state index is 0.0337. The number of nitrogens with one attached hydrogen (secondary N) is 1. The molecular formula is C23H30N2O2S. The first kappa shape index (κ1) is 20.9. The van der Waals surface area contributed by atoms with Crippen LogP contribution in [0, 0.1) is 12.8 Å². The predicted molar refractivity (Wildman–Crippen MR) is 116 cm³/mol. The SMILES string of the molecule is Cc1ccc(C(CNC(=O)C(C)CSc2ccccc2)N2CCOCC2)cc1. The number of carbonyl (C=O) groups excluding carboxylic acids is 1. The quantitative estimate of drug-likeness (QED) is 0.685. The Bertz CT molecular complexity index is 730. The molecule has 2 unspecified atom stereocenters. The van der Waals surface area contributed by atoms with Crippen molar-refractivity contribution >= 4 is 17.7 Å². The molecule has 0 spiro atoms. The van der Waals surface area contributed by atoms with E-state index >= 15 is 0 Å². The Labute approximate surface area is 172 Å². The number of amides is 1. The number of hydrogen-bond donors (Lipinski definition) is 1. The lowest BCUT2D eigenvalue weighted by atomic mass is 10.0. The Morgan fingerprint density at radius 2 is 1.79 bits per heavy atom. The van der Waals surface area contributed by atoms with Gasteiger partial charge in [-0.2, -0.15) is 0 Å². The number of ether oxygens (including phenoxy) is 1. The van der Waals surface area contributed by atoms with Crippen LogP contribution in [0.15, 0.2) is 59.5 Å². The van der Waals surface area contributed by atoms with Crippen LogP contribution in [-0.2, 0) is 9.53 Å². The fourth-order valence-electron chi connectivity index (χ4n) is 3.32. The molecule has 1 amide bonds. The molecule has 1 fully saturated rings. The molecule has 0 aromatic heterocycles.